The van der Waals surface area contributed by atoms with E-state index in [9.17, 15) is 9.59 Å². The van der Waals surface area contributed by atoms with Crippen molar-refractivity contribution in [3.8, 4) is 16.5 Å². The van der Waals surface area contributed by atoms with E-state index in [1.54, 1.807) is 14.2 Å². The van der Waals surface area contributed by atoms with Crippen LogP contribution in [0.4, 0.5) is 0 Å². The summed E-state index contributed by atoms with van der Waals surface area (Å²) in [5, 5.41) is 9.13. The monoisotopic (exact) mass is 372 g/mol. The molecule has 0 saturated heterocycles. The quantitative estimate of drug-likeness (QED) is 0.684. The van der Waals surface area contributed by atoms with Gasteiger partial charge in [0.2, 0.25) is 5.91 Å². The number of rotatable bonds is 7. The minimum Gasteiger partial charge on any atom is -0.497 e. The number of hydrogen-bond donors (Lipinski definition) is 1. The third-order valence-electron chi connectivity index (χ3n) is 3.95. The molecule has 0 spiro atoms. The van der Waals surface area contributed by atoms with Gasteiger partial charge in [-0.15, -0.1) is 16.4 Å². The number of methoxy groups -OCH3 is 1. The molecule has 0 atom stereocenters. The Kier molecular flexibility index (Phi) is 5.52. The van der Waals surface area contributed by atoms with Crippen LogP contribution in [0.25, 0.3) is 10.7 Å². The van der Waals surface area contributed by atoms with Crippen LogP contribution >= 0.6 is 11.3 Å². The standard InChI is InChI=1S/C18H20N4O3S/c1-21-17(15-4-3-11-26-15)20-22(18(21)24)10-9-19-16(23)12-13-5-7-14(25-2)8-6-13/h3-8,11H,9-10,12H2,1-2H3,(H,19,23). The lowest BCUT2D eigenvalue weighted by atomic mass is 10.1. The van der Waals surface area contributed by atoms with Crippen LogP contribution in [-0.2, 0) is 24.8 Å². The van der Waals surface area contributed by atoms with Crippen LogP contribution < -0.4 is 15.7 Å². The normalized spacial score (nSPS) is 10.7. The van der Waals surface area contributed by atoms with Crippen LogP contribution in [-0.4, -0.2) is 33.9 Å². The van der Waals surface area contributed by atoms with Crippen LogP contribution in [0.2, 0.25) is 0 Å². The fourth-order valence-electron chi connectivity index (χ4n) is 2.55. The number of aromatic nitrogens is 3. The Hall–Kier alpha value is -2.87. The van der Waals surface area contributed by atoms with Gasteiger partial charge in [0.1, 0.15) is 5.75 Å². The molecule has 0 aliphatic heterocycles. The summed E-state index contributed by atoms with van der Waals surface area (Å²) in [5.74, 6) is 1.29. The minimum absolute atomic E-state index is 0.0994. The van der Waals surface area contributed by atoms with Gasteiger partial charge >= 0.3 is 5.69 Å². The maximum atomic E-state index is 12.3. The lowest BCUT2D eigenvalue weighted by Crippen LogP contribution is -2.32. The minimum atomic E-state index is -0.196. The number of nitrogens with one attached hydrogen (secondary N) is 1. The summed E-state index contributed by atoms with van der Waals surface area (Å²) in [7, 11) is 3.30. The van der Waals surface area contributed by atoms with Gasteiger partial charge in [-0.05, 0) is 29.1 Å². The van der Waals surface area contributed by atoms with Crippen LogP contribution in [0.3, 0.4) is 0 Å². The number of carbonyl (C=O) groups excluding carboxylic acids is 1. The summed E-state index contributed by atoms with van der Waals surface area (Å²) in [5.41, 5.74) is 0.705. The van der Waals surface area contributed by atoms with Crippen molar-refractivity contribution in [1.82, 2.24) is 19.7 Å². The Bertz CT molecular complexity index is 927. The molecule has 2 heterocycles. The van der Waals surface area contributed by atoms with Crippen molar-refractivity contribution in [3.05, 3.63) is 57.8 Å². The molecule has 1 aromatic carbocycles. The van der Waals surface area contributed by atoms with Crippen molar-refractivity contribution in [1.29, 1.82) is 0 Å². The van der Waals surface area contributed by atoms with E-state index in [4.69, 9.17) is 4.74 Å². The molecular formula is C18H20N4O3S. The molecule has 1 amide bonds. The first-order valence-electron chi connectivity index (χ1n) is 8.16. The zero-order valence-corrected chi connectivity index (χ0v) is 15.5. The highest BCUT2D eigenvalue weighted by Crippen LogP contribution is 2.20. The molecule has 2 aromatic heterocycles. The highest BCUT2D eigenvalue weighted by molar-refractivity contribution is 7.13. The molecule has 0 saturated carbocycles. The molecule has 3 aromatic rings. The van der Waals surface area contributed by atoms with Gasteiger partial charge in [0.25, 0.3) is 0 Å². The SMILES string of the molecule is COc1ccc(CC(=O)NCCn2nc(-c3cccs3)n(C)c2=O)cc1. The summed E-state index contributed by atoms with van der Waals surface area (Å²) in [4.78, 5) is 25.2. The van der Waals surface area contributed by atoms with Gasteiger partial charge in [-0.1, -0.05) is 18.2 Å². The lowest BCUT2D eigenvalue weighted by Gasteiger charge is -2.06. The molecule has 0 radical (unpaired) electrons. The number of carbonyl (C=O) groups is 1. The molecule has 0 aliphatic rings. The second kappa shape index (κ2) is 8.01. The highest BCUT2D eigenvalue weighted by atomic mass is 32.1. The Morgan fingerprint density at radius 2 is 2.04 bits per heavy atom. The van der Waals surface area contributed by atoms with Crippen molar-refractivity contribution >= 4 is 17.2 Å². The molecule has 7 nitrogen and oxygen atoms in total. The number of thiophene rings is 1. The van der Waals surface area contributed by atoms with E-state index in [1.807, 2.05) is 41.8 Å². The molecule has 1 N–H and O–H groups in total. The van der Waals surface area contributed by atoms with E-state index < -0.39 is 0 Å². The van der Waals surface area contributed by atoms with E-state index >= 15 is 0 Å². The zero-order chi connectivity index (χ0) is 18.5. The molecule has 136 valence electrons. The predicted molar refractivity (Wildman–Crippen MR) is 100 cm³/mol. The molecule has 0 unspecified atom stereocenters. The van der Waals surface area contributed by atoms with Crippen LogP contribution in [0.15, 0.2) is 46.6 Å². The Morgan fingerprint density at radius 3 is 2.69 bits per heavy atom. The zero-order valence-electron chi connectivity index (χ0n) is 14.6. The summed E-state index contributed by atoms with van der Waals surface area (Å²) in [6.07, 6.45) is 0.279. The largest absolute Gasteiger partial charge is 0.497 e. The summed E-state index contributed by atoms with van der Waals surface area (Å²) < 4.78 is 7.99. The molecule has 3 rings (SSSR count). The van der Waals surface area contributed by atoms with Crippen molar-refractivity contribution < 1.29 is 9.53 Å². The number of benzene rings is 1. The maximum Gasteiger partial charge on any atom is 0.346 e. The van der Waals surface area contributed by atoms with Crippen molar-refractivity contribution in [3.63, 3.8) is 0 Å². The van der Waals surface area contributed by atoms with Gasteiger partial charge < -0.3 is 10.1 Å². The highest BCUT2D eigenvalue weighted by Gasteiger charge is 2.13. The summed E-state index contributed by atoms with van der Waals surface area (Å²) >= 11 is 1.53. The van der Waals surface area contributed by atoms with Gasteiger partial charge in [-0.25, -0.2) is 9.48 Å². The molecular weight excluding hydrogens is 352 g/mol. The van der Waals surface area contributed by atoms with Crippen molar-refractivity contribution in [2.45, 2.75) is 13.0 Å². The Labute approximate surface area is 154 Å². The summed E-state index contributed by atoms with van der Waals surface area (Å²) in [6.45, 7) is 0.669. The third-order valence-corrected chi connectivity index (χ3v) is 4.82. The van der Waals surface area contributed by atoms with Gasteiger partial charge in [0.15, 0.2) is 5.82 Å². The fraction of sp³-hybridized carbons (Fsp3) is 0.278. The van der Waals surface area contributed by atoms with Crippen LogP contribution in [0.5, 0.6) is 5.75 Å². The van der Waals surface area contributed by atoms with E-state index in [2.05, 4.69) is 10.4 Å². The second-order valence-electron chi connectivity index (χ2n) is 5.74. The molecule has 8 heteroatoms. The number of ether oxygens (including phenoxy) is 1. The smallest absolute Gasteiger partial charge is 0.346 e. The van der Waals surface area contributed by atoms with Gasteiger partial charge in [0, 0.05) is 13.6 Å². The first kappa shape index (κ1) is 17.9. The first-order chi connectivity index (χ1) is 12.6. The van der Waals surface area contributed by atoms with Gasteiger partial charge in [-0.3, -0.25) is 9.36 Å². The van der Waals surface area contributed by atoms with Gasteiger partial charge in [-0.2, -0.15) is 0 Å². The second-order valence-corrected chi connectivity index (χ2v) is 6.69. The van der Waals surface area contributed by atoms with Gasteiger partial charge in [0.05, 0.1) is 25.0 Å². The van der Waals surface area contributed by atoms with Crippen molar-refractivity contribution in [2.75, 3.05) is 13.7 Å². The molecule has 0 fully saturated rings. The van der Waals surface area contributed by atoms with E-state index in [-0.39, 0.29) is 18.0 Å². The average Bonchev–Trinajstić information content (AvgIpc) is 3.26. The topological polar surface area (TPSA) is 78.2 Å². The van der Waals surface area contributed by atoms with Crippen LogP contribution in [0, 0.1) is 0 Å². The van der Waals surface area contributed by atoms with Crippen LogP contribution in [0.1, 0.15) is 5.56 Å². The molecule has 0 bridgehead atoms. The predicted octanol–water partition coefficient (Wildman–Crippen LogP) is 1.68. The maximum absolute atomic E-state index is 12.3. The number of amides is 1. The fourth-order valence-corrected chi connectivity index (χ4v) is 3.29. The van der Waals surface area contributed by atoms with E-state index in [0.29, 0.717) is 18.9 Å². The first-order valence-corrected chi connectivity index (χ1v) is 9.04. The van der Waals surface area contributed by atoms with E-state index in [1.165, 1.54) is 20.6 Å². The third kappa shape index (κ3) is 4.02. The van der Waals surface area contributed by atoms with E-state index in [0.717, 1.165) is 16.2 Å². The average molecular weight is 372 g/mol. The molecule has 26 heavy (non-hydrogen) atoms. The van der Waals surface area contributed by atoms with Crippen molar-refractivity contribution in [2.24, 2.45) is 7.05 Å². The number of hydrogen-bond acceptors (Lipinski definition) is 5. The lowest BCUT2D eigenvalue weighted by molar-refractivity contribution is -0.120. The number of nitrogens with zero attached hydrogens (tertiary/aromatic N) is 3. The molecule has 0 aliphatic carbocycles. The Morgan fingerprint density at radius 1 is 1.27 bits per heavy atom. The summed E-state index contributed by atoms with van der Waals surface area (Å²) in [6, 6.07) is 11.2. The Balaban J connectivity index is 1.55.